The minimum Gasteiger partial charge on any atom is -0.318 e. The van der Waals surface area contributed by atoms with Gasteiger partial charge in [0.1, 0.15) is 0 Å². The summed E-state index contributed by atoms with van der Waals surface area (Å²) in [5.74, 6) is 0. The molecule has 0 aliphatic heterocycles. The van der Waals surface area contributed by atoms with Gasteiger partial charge in [-0.1, -0.05) is 0 Å². The first-order valence-electron chi connectivity index (χ1n) is 5.02. The normalized spacial score (nSPS) is 11.1. The lowest BCUT2D eigenvalue weighted by Crippen LogP contribution is -2.18. The molecule has 5 heteroatoms. The number of alkyl halides is 2. The predicted octanol–water partition coefficient (Wildman–Crippen LogP) is 3.36. The molecule has 2 heterocycles. The van der Waals surface area contributed by atoms with Crippen molar-refractivity contribution >= 4 is 11.3 Å². The van der Waals surface area contributed by atoms with Crippen LogP contribution in [0.5, 0.6) is 0 Å². The second-order valence-corrected chi connectivity index (χ2v) is 4.61. The lowest BCUT2D eigenvalue weighted by molar-refractivity contribution is 0.152. The van der Waals surface area contributed by atoms with Gasteiger partial charge in [-0.15, -0.1) is 0 Å². The Balaban J connectivity index is 2.61. The van der Waals surface area contributed by atoms with Crippen molar-refractivity contribution in [2.75, 3.05) is 0 Å². The molecular weight excluding hydrogens is 244 g/mol. The first kappa shape index (κ1) is 12.0. The van der Waals surface area contributed by atoms with Crippen LogP contribution in [0.4, 0.5) is 8.78 Å². The Bertz CT molecular complexity index is 575. The van der Waals surface area contributed by atoms with E-state index in [1.165, 1.54) is 21.3 Å². The highest BCUT2D eigenvalue weighted by molar-refractivity contribution is 7.08. The molecule has 2 aromatic rings. The summed E-state index contributed by atoms with van der Waals surface area (Å²) in [7, 11) is 1.62. The molecule has 0 aromatic carbocycles. The van der Waals surface area contributed by atoms with Crippen molar-refractivity contribution in [3.63, 3.8) is 0 Å². The molecule has 0 N–H and O–H groups in total. The SMILES string of the molecule is Cc1cc(-c2cscc2C(F)F)cn(C)c1=O. The van der Waals surface area contributed by atoms with Crippen LogP contribution in [0.1, 0.15) is 17.6 Å². The van der Waals surface area contributed by atoms with E-state index in [0.29, 0.717) is 16.7 Å². The van der Waals surface area contributed by atoms with Crippen molar-refractivity contribution in [1.82, 2.24) is 4.57 Å². The van der Waals surface area contributed by atoms with Gasteiger partial charge in [-0.05, 0) is 23.9 Å². The van der Waals surface area contributed by atoms with Crippen molar-refractivity contribution in [3.05, 3.63) is 44.5 Å². The van der Waals surface area contributed by atoms with Gasteiger partial charge in [-0.25, -0.2) is 8.78 Å². The van der Waals surface area contributed by atoms with Crippen LogP contribution in [0.15, 0.2) is 27.8 Å². The Labute approximate surface area is 101 Å². The minimum absolute atomic E-state index is 0.0213. The molecule has 0 bridgehead atoms. The number of hydrogen-bond donors (Lipinski definition) is 0. The van der Waals surface area contributed by atoms with Crippen LogP contribution in [-0.2, 0) is 7.05 Å². The fraction of sp³-hybridized carbons (Fsp3) is 0.250. The summed E-state index contributed by atoms with van der Waals surface area (Å²) >= 11 is 1.24. The van der Waals surface area contributed by atoms with Gasteiger partial charge in [0.25, 0.3) is 12.0 Å². The van der Waals surface area contributed by atoms with Crippen LogP contribution in [0.2, 0.25) is 0 Å². The number of hydrogen-bond acceptors (Lipinski definition) is 2. The molecule has 2 nitrogen and oxygen atoms in total. The monoisotopic (exact) mass is 255 g/mol. The van der Waals surface area contributed by atoms with E-state index in [1.54, 1.807) is 31.6 Å². The maximum absolute atomic E-state index is 12.8. The fourth-order valence-corrected chi connectivity index (χ4v) is 2.59. The molecule has 0 unspecified atom stereocenters. The topological polar surface area (TPSA) is 22.0 Å². The van der Waals surface area contributed by atoms with E-state index in [-0.39, 0.29) is 11.1 Å². The van der Waals surface area contributed by atoms with Gasteiger partial charge in [0.2, 0.25) is 0 Å². The van der Waals surface area contributed by atoms with E-state index in [2.05, 4.69) is 0 Å². The number of aromatic nitrogens is 1. The molecule has 0 radical (unpaired) electrons. The zero-order chi connectivity index (χ0) is 12.6. The molecule has 0 aliphatic rings. The lowest BCUT2D eigenvalue weighted by atomic mass is 10.1. The van der Waals surface area contributed by atoms with Gasteiger partial charge in [0, 0.05) is 35.3 Å². The first-order valence-corrected chi connectivity index (χ1v) is 5.97. The van der Waals surface area contributed by atoms with Crippen molar-refractivity contribution in [2.45, 2.75) is 13.3 Å². The van der Waals surface area contributed by atoms with Crippen molar-refractivity contribution in [1.29, 1.82) is 0 Å². The molecular formula is C12H11F2NOS. The summed E-state index contributed by atoms with van der Waals surface area (Å²) in [5, 5.41) is 3.13. The second kappa shape index (κ2) is 4.41. The highest BCUT2D eigenvalue weighted by atomic mass is 32.1. The molecule has 0 spiro atoms. The second-order valence-electron chi connectivity index (χ2n) is 3.87. The highest BCUT2D eigenvalue weighted by Crippen LogP contribution is 2.33. The molecule has 90 valence electrons. The number of rotatable bonds is 2. The van der Waals surface area contributed by atoms with Gasteiger partial charge in [0.15, 0.2) is 0 Å². The largest absolute Gasteiger partial charge is 0.318 e. The third-order valence-corrected chi connectivity index (χ3v) is 3.36. The van der Waals surface area contributed by atoms with Gasteiger partial charge < -0.3 is 4.57 Å². The Morgan fingerprint density at radius 3 is 2.65 bits per heavy atom. The zero-order valence-electron chi connectivity index (χ0n) is 9.41. The molecule has 0 saturated carbocycles. The summed E-state index contributed by atoms with van der Waals surface area (Å²) in [6, 6.07) is 1.65. The van der Waals surface area contributed by atoms with Crippen LogP contribution < -0.4 is 5.56 Å². The average Bonchev–Trinajstić information content (AvgIpc) is 2.74. The molecule has 0 amide bonds. The van der Waals surface area contributed by atoms with Crippen LogP contribution in [-0.4, -0.2) is 4.57 Å². The van der Waals surface area contributed by atoms with Crippen LogP contribution in [0.3, 0.4) is 0 Å². The lowest BCUT2D eigenvalue weighted by Gasteiger charge is -2.07. The summed E-state index contributed by atoms with van der Waals surface area (Å²) in [6.07, 6.45) is -0.905. The quantitative estimate of drug-likeness (QED) is 0.806. The number of thiophene rings is 1. The summed E-state index contributed by atoms with van der Waals surface area (Å²) < 4.78 is 26.9. The van der Waals surface area contributed by atoms with Crippen molar-refractivity contribution in [3.8, 4) is 11.1 Å². The molecule has 0 aliphatic carbocycles. The molecule has 2 rings (SSSR count). The summed E-state index contributed by atoms with van der Waals surface area (Å²) in [6.45, 7) is 1.68. The van der Waals surface area contributed by atoms with E-state index in [1.807, 2.05) is 0 Å². The first-order chi connectivity index (χ1) is 8.00. The van der Waals surface area contributed by atoms with Gasteiger partial charge in [-0.2, -0.15) is 11.3 Å². The van der Waals surface area contributed by atoms with E-state index in [4.69, 9.17) is 0 Å². The predicted molar refractivity (Wildman–Crippen MR) is 64.7 cm³/mol. The maximum atomic E-state index is 12.8. The van der Waals surface area contributed by atoms with E-state index < -0.39 is 6.43 Å². The molecule has 17 heavy (non-hydrogen) atoms. The number of nitrogens with zero attached hydrogens (tertiary/aromatic N) is 1. The van der Waals surface area contributed by atoms with Gasteiger partial charge in [-0.3, -0.25) is 4.79 Å². The number of halogens is 2. The Morgan fingerprint density at radius 2 is 2.06 bits per heavy atom. The Kier molecular flexibility index (Phi) is 3.11. The van der Waals surface area contributed by atoms with Crippen molar-refractivity contribution < 1.29 is 8.78 Å². The fourth-order valence-electron chi connectivity index (χ4n) is 1.74. The van der Waals surface area contributed by atoms with Crippen LogP contribution >= 0.6 is 11.3 Å². The number of pyridine rings is 1. The maximum Gasteiger partial charge on any atom is 0.265 e. The average molecular weight is 255 g/mol. The zero-order valence-corrected chi connectivity index (χ0v) is 10.2. The van der Waals surface area contributed by atoms with Crippen LogP contribution in [0.25, 0.3) is 11.1 Å². The standard InChI is InChI=1S/C12H11F2NOS/c1-7-3-8(4-15(2)12(7)16)9-5-17-6-10(9)11(13)14/h3-6,11H,1-2H3. The Hall–Kier alpha value is -1.49. The number of aryl methyl sites for hydroxylation is 2. The van der Waals surface area contributed by atoms with Gasteiger partial charge in [0.05, 0.1) is 0 Å². The van der Waals surface area contributed by atoms with E-state index in [0.717, 1.165) is 0 Å². The van der Waals surface area contributed by atoms with Gasteiger partial charge >= 0.3 is 0 Å². The van der Waals surface area contributed by atoms with Crippen molar-refractivity contribution in [2.24, 2.45) is 7.05 Å². The summed E-state index contributed by atoms with van der Waals surface area (Å²) in [4.78, 5) is 11.5. The third-order valence-electron chi connectivity index (χ3n) is 2.60. The van der Waals surface area contributed by atoms with E-state index >= 15 is 0 Å². The van der Waals surface area contributed by atoms with Crippen LogP contribution in [0, 0.1) is 6.92 Å². The molecule has 0 fully saturated rings. The highest BCUT2D eigenvalue weighted by Gasteiger charge is 2.16. The minimum atomic E-state index is -2.49. The third kappa shape index (κ3) is 2.15. The molecule has 0 saturated heterocycles. The molecule has 2 aromatic heterocycles. The molecule has 0 atom stereocenters. The van der Waals surface area contributed by atoms with E-state index in [9.17, 15) is 13.6 Å². The smallest absolute Gasteiger partial charge is 0.265 e. The summed E-state index contributed by atoms with van der Waals surface area (Å²) in [5.41, 5.74) is 1.62. The Morgan fingerprint density at radius 1 is 1.35 bits per heavy atom.